The average molecular weight is 761 g/mol. The molecule has 0 atom stereocenters. The van der Waals surface area contributed by atoms with Gasteiger partial charge in [0.25, 0.3) is 0 Å². The normalized spacial score (nSPS) is 10.3. The summed E-state index contributed by atoms with van der Waals surface area (Å²) in [6.07, 6.45) is 32.0. The molecule has 0 aliphatic rings. The van der Waals surface area contributed by atoms with Crippen molar-refractivity contribution in [3.8, 4) is 0 Å². The minimum absolute atomic E-state index is 0.673. The van der Waals surface area contributed by atoms with Crippen LogP contribution >= 0.6 is 34.3 Å². The van der Waals surface area contributed by atoms with Gasteiger partial charge in [-0.3, -0.25) is 0 Å². The molecule has 0 radical (unpaired) electrons. The minimum atomic E-state index is 0.673. The summed E-state index contributed by atoms with van der Waals surface area (Å²) in [5.41, 5.74) is 0. The third-order valence-electron chi connectivity index (χ3n) is 7.64. The van der Waals surface area contributed by atoms with Gasteiger partial charge in [0.15, 0.2) is 0 Å². The maximum absolute atomic E-state index is 5.20. The van der Waals surface area contributed by atoms with E-state index >= 15 is 0 Å². The van der Waals surface area contributed by atoms with E-state index in [0.29, 0.717) is 8.64 Å². The van der Waals surface area contributed by atoms with Crippen LogP contribution in [0.2, 0.25) is 0 Å². The first kappa shape index (κ1) is 47.5. The van der Waals surface area contributed by atoms with Crippen LogP contribution in [-0.2, 0) is 43.3 Å². The van der Waals surface area contributed by atoms with E-state index in [1.165, 1.54) is 172 Å². The summed E-state index contributed by atoms with van der Waals surface area (Å²) in [5.74, 6) is 0. The Morgan fingerprint density at radius 1 is 0.381 bits per heavy atom. The van der Waals surface area contributed by atoms with Crippen molar-refractivity contribution >= 4 is 68.2 Å². The summed E-state index contributed by atoms with van der Waals surface area (Å²) >= 11 is 22.3. The molecule has 8 heteroatoms. The van der Waals surface area contributed by atoms with E-state index in [2.05, 4.69) is 47.3 Å². The molecule has 250 valence electrons. The van der Waals surface area contributed by atoms with Gasteiger partial charge in [0.2, 0.25) is 0 Å². The van der Waals surface area contributed by atoms with Gasteiger partial charge in [-0.1, -0.05) is 165 Å². The first-order valence-corrected chi connectivity index (χ1v) is 21.9. The second-order valence-electron chi connectivity index (χ2n) is 11.6. The number of unbranched alkanes of at least 4 members (excludes halogenated alkanes) is 20. The SMILES string of the molecule is CCCCCCCCN(CCCCCCCC)C(=S)[S-].CCCCCCCCN(CCCCCCCC)C(=S)[S-].[S]=[Mo+2]. The number of hydrogen-bond acceptors (Lipinski definition) is 5. The average Bonchev–Trinajstić information content (AvgIpc) is 2.99. The van der Waals surface area contributed by atoms with Crippen LogP contribution in [0.1, 0.15) is 182 Å². The van der Waals surface area contributed by atoms with Crippen molar-refractivity contribution in [1.29, 1.82) is 0 Å². The van der Waals surface area contributed by atoms with Crippen LogP contribution in [0, 0.1) is 0 Å². The molecule has 0 saturated carbocycles. The van der Waals surface area contributed by atoms with Gasteiger partial charge in [0.05, 0.1) is 0 Å². The van der Waals surface area contributed by atoms with E-state index in [9.17, 15) is 0 Å². The van der Waals surface area contributed by atoms with Gasteiger partial charge in [0.1, 0.15) is 0 Å². The van der Waals surface area contributed by atoms with Crippen LogP contribution in [0.4, 0.5) is 0 Å². The van der Waals surface area contributed by atoms with Crippen molar-refractivity contribution in [3.05, 3.63) is 0 Å². The standard InChI is InChI=1S/2C17H35NS2.Mo.S/c2*1-3-5-7-9-11-13-15-18(17(19)20)16-14-12-10-8-6-4-2;;/h2*3-16H2,1-2H3,(H,19,20);;/q;;+2;/p-2. The molecule has 0 N–H and O–H groups in total. The maximum atomic E-state index is 5.20. The number of nitrogens with zero attached hydrogens (tertiary/aromatic N) is 2. The fourth-order valence-electron chi connectivity index (χ4n) is 4.92. The Labute approximate surface area is 301 Å². The Morgan fingerprint density at radius 3 is 0.714 bits per heavy atom. The molecule has 0 heterocycles. The molecular formula is C34H68MoN2S5. The Kier molecular flexibility index (Phi) is 47.7. The van der Waals surface area contributed by atoms with Gasteiger partial charge >= 0.3 is 27.8 Å². The van der Waals surface area contributed by atoms with Crippen LogP contribution < -0.4 is 0 Å². The molecule has 0 fully saturated rings. The molecule has 0 aliphatic carbocycles. The quantitative estimate of drug-likeness (QED) is 0.0335. The number of rotatable bonds is 28. The topological polar surface area (TPSA) is 6.48 Å². The second-order valence-corrected chi connectivity index (χ2v) is 13.6. The molecule has 0 spiro atoms. The van der Waals surface area contributed by atoms with E-state index in [1.54, 1.807) is 0 Å². The second kappa shape index (κ2) is 42.1. The molecule has 0 saturated heterocycles. The molecule has 0 rings (SSSR count). The first-order chi connectivity index (χ1) is 20.4. The molecule has 0 amide bonds. The number of thiocarbonyl (C=S) groups is 2. The van der Waals surface area contributed by atoms with Gasteiger partial charge in [-0.05, 0) is 25.7 Å². The summed E-state index contributed by atoms with van der Waals surface area (Å²) in [6, 6.07) is 0. The third kappa shape index (κ3) is 39.2. The van der Waals surface area contributed by atoms with E-state index < -0.39 is 0 Å². The molecule has 0 unspecified atom stereocenters. The van der Waals surface area contributed by atoms with Crippen LogP contribution in [-0.4, -0.2) is 44.6 Å². The predicted octanol–water partition coefficient (Wildman–Crippen LogP) is 12.3. The molecule has 42 heavy (non-hydrogen) atoms. The molecule has 2 nitrogen and oxygen atoms in total. The summed E-state index contributed by atoms with van der Waals surface area (Å²) in [6.45, 7) is 13.3. The van der Waals surface area contributed by atoms with E-state index in [0.717, 1.165) is 26.2 Å². The Morgan fingerprint density at radius 2 is 0.548 bits per heavy atom. The Hall–Kier alpha value is 1.13. The van der Waals surface area contributed by atoms with Crippen LogP contribution in [0.3, 0.4) is 0 Å². The third-order valence-corrected chi connectivity index (χ3v) is 8.68. The van der Waals surface area contributed by atoms with Gasteiger partial charge in [-0.15, -0.1) is 0 Å². The van der Waals surface area contributed by atoms with Gasteiger partial charge in [-0.25, -0.2) is 0 Å². The van der Waals surface area contributed by atoms with E-state index in [4.69, 9.17) is 49.7 Å². The summed E-state index contributed by atoms with van der Waals surface area (Å²) in [4.78, 5) is 4.48. The zero-order valence-electron chi connectivity index (χ0n) is 28.1. The Bertz CT molecular complexity index is 476. The van der Waals surface area contributed by atoms with Gasteiger partial charge in [-0.2, -0.15) is 0 Å². The molecule has 0 aromatic heterocycles. The molecular weight excluding hydrogens is 693 g/mol. The molecule has 0 aliphatic heterocycles. The fraction of sp³-hybridized carbons (Fsp3) is 0.941. The van der Waals surface area contributed by atoms with Gasteiger partial charge in [0, 0.05) is 26.2 Å². The molecule has 0 aromatic carbocycles. The van der Waals surface area contributed by atoms with Crippen LogP contribution in [0.25, 0.3) is 0 Å². The zero-order chi connectivity index (χ0) is 32.1. The predicted molar refractivity (Wildman–Crippen MR) is 204 cm³/mol. The van der Waals surface area contributed by atoms with Crippen LogP contribution in [0.15, 0.2) is 0 Å². The number of hydrogen-bond donors (Lipinski definition) is 0. The molecule has 0 bridgehead atoms. The van der Waals surface area contributed by atoms with Crippen molar-refractivity contribution in [2.75, 3.05) is 26.2 Å². The zero-order valence-corrected chi connectivity index (χ0v) is 34.2. The van der Waals surface area contributed by atoms with Crippen molar-refractivity contribution in [3.63, 3.8) is 0 Å². The van der Waals surface area contributed by atoms with Crippen molar-refractivity contribution < 1.29 is 18.0 Å². The van der Waals surface area contributed by atoms with Crippen molar-refractivity contribution in [1.82, 2.24) is 9.80 Å². The van der Waals surface area contributed by atoms with Crippen LogP contribution in [0.5, 0.6) is 0 Å². The van der Waals surface area contributed by atoms with Gasteiger partial charge < -0.3 is 59.5 Å². The molecule has 0 aromatic rings. The van der Waals surface area contributed by atoms with E-state index in [1.807, 2.05) is 0 Å². The van der Waals surface area contributed by atoms with E-state index in [-0.39, 0.29) is 0 Å². The fourth-order valence-corrected chi connectivity index (χ4v) is 5.65. The Balaban J connectivity index is -0.000000683. The summed E-state index contributed by atoms with van der Waals surface area (Å²) in [5, 5.41) is 0. The first-order valence-electron chi connectivity index (χ1n) is 17.5. The summed E-state index contributed by atoms with van der Waals surface area (Å²) in [7, 11) is 4.09. The van der Waals surface area contributed by atoms with Crippen molar-refractivity contribution in [2.24, 2.45) is 0 Å². The summed E-state index contributed by atoms with van der Waals surface area (Å²) < 4.78 is 1.35. The van der Waals surface area contributed by atoms with Crippen molar-refractivity contribution in [2.45, 2.75) is 182 Å². The monoisotopic (exact) mass is 762 g/mol.